The number of methoxy groups -OCH3 is 1. The fraction of sp³-hybridized carbons (Fsp3) is 0.214. The lowest BCUT2D eigenvalue weighted by Crippen LogP contribution is -2.26. The topological polar surface area (TPSA) is 68.7 Å². The molecule has 19 heavy (non-hydrogen) atoms. The average molecular weight is 260 g/mol. The fourth-order valence-electron chi connectivity index (χ4n) is 1.78. The van der Waals surface area contributed by atoms with E-state index in [4.69, 9.17) is 14.9 Å². The zero-order valence-electron chi connectivity index (χ0n) is 10.9. The molecular weight excluding hydrogens is 244 g/mol. The Balaban J connectivity index is 2.14. The molecule has 2 aromatic rings. The van der Waals surface area contributed by atoms with Crippen LogP contribution >= 0.6 is 0 Å². The zero-order chi connectivity index (χ0) is 13.8. The number of anilines is 1. The Labute approximate surface area is 111 Å². The maximum atomic E-state index is 12.3. The maximum Gasteiger partial charge on any atom is 0.256 e. The van der Waals surface area contributed by atoms with Gasteiger partial charge in [0.2, 0.25) is 0 Å². The van der Waals surface area contributed by atoms with Gasteiger partial charge in [0, 0.05) is 18.8 Å². The fourth-order valence-corrected chi connectivity index (χ4v) is 1.78. The third-order valence-corrected chi connectivity index (χ3v) is 2.81. The summed E-state index contributed by atoms with van der Waals surface area (Å²) in [4.78, 5) is 13.8. The summed E-state index contributed by atoms with van der Waals surface area (Å²) in [6.07, 6.45) is 1.58. The molecule has 0 atom stereocenters. The molecule has 2 rings (SSSR count). The first-order chi connectivity index (χ1) is 9.11. The van der Waals surface area contributed by atoms with Gasteiger partial charge in [-0.05, 0) is 24.3 Å². The van der Waals surface area contributed by atoms with E-state index in [1.54, 1.807) is 49.6 Å². The first-order valence-electron chi connectivity index (χ1n) is 5.83. The van der Waals surface area contributed by atoms with E-state index in [1.165, 1.54) is 0 Å². The summed E-state index contributed by atoms with van der Waals surface area (Å²) >= 11 is 0. The number of ether oxygens (including phenoxy) is 1. The largest absolute Gasteiger partial charge is 0.497 e. The second kappa shape index (κ2) is 5.48. The van der Waals surface area contributed by atoms with Crippen molar-refractivity contribution < 1.29 is 13.9 Å². The van der Waals surface area contributed by atoms with E-state index in [2.05, 4.69) is 0 Å². The molecule has 0 aliphatic rings. The number of nitrogens with zero attached hydrogens (tertiary/aromatic N) is 1. The smallest absolute Gasteiger partial charge is 0.256 e. The molecule has 0 spiro atoms. The Morgan fingerprint density at radius 1 is 1.42 bits per heavy atom. The summed E-state index contributed by atoms with van der Waals surface area (Å²) in [6, 6.07) is 8.62. The third kappa shape index (κ3) is 2.88. The van der Waals surface area contributed by atoms with Crippen molar-refractivity contribution in [1.82, 2.24) is 4.90 Å². The Bertz CT molecular complexity index is 564. The van der Waals surface area contributed by atoms with Gasteiger partial charge in [0.15, 0.2) is 0 Å². The van der Waals surface area contributed by atoms with E-state index in [0.717, 1.165) is 5.76 Å². The number of rotatable bonds is 4. The van der Waals surface area contributed by atoms with Crippen molar-refractivity contribution in [2.45, 2.75) is 6.54 Å². The Kier molecular flexibility index (Phi) is 3.75. The molecular formula is C14H16N2O3. The minimum atomic E-state index is -0.156. The zero-order valence-corrected chi connectivity index (χ0v) is 10.9. The highest BCUT2D eigenvalue weighted by Crippen LogP contribution is 2.21. The van der Waals surface area contributed by atoms with Crippen LogP contribution in [0.25, 0.3) is 0 Å². The normalized spacial score (nSPS) is 10.2. The highest BCUT2D eigenvalue weighted by molar-refractivity contribution is 5.99. The lowest BCUT2D eigenvalue weighted by molar-refractivity contribution is 0.0776. The lowest BCUT2D eigenvalue weighted by atomic mass is 10.1. The molecule has 5 nitrogen and oxygen atoms in total. The van der Waals surface area contributed by atoms with Gasteiger partial charge in [0.05, 0.1) is 25.5 Å². The van der Waals surface area contributed by atoms with Gasteiger partial charge in [-0.15, -0.1) is 0 Å². The molecule has 0 unspecified atom stereocenters. The van der Waals surface area contributed by atoms with Crippen molar-refractivity contribution in [2.24, 2.45) is 0 Å². The van der Waals surface area contributed by atoms with E-state index in [0.29, 0.717) is 23.5 Å². The summed E-state index contributed by atoms with van der Waals surface area (Å²) in [5.41, 5.74) is 6.71. The van der Waals surface area contributed by atoms with Crippen molar-refractivity contribution in [3.8, 4) is 5.75 Å². The van der Waals surface area contributed by atoms with Crippen LogP contribution in [0.2, 0.25) is 0 Å². The molecule has 0 aliphatic heterocycles. The molecule has 5 heteroatoms. The average Bonchev–Trinajstić information content (AvgIpc) is 2.90. The maximum absolute atomic E-state index is 12.3. The van der Waals surface area contributed by atoms with Crippen LogP contribution in [-0.4, -0.2) is 25.0 Å². The Morgan fingerprint density at radius 2 is 2.21 bits per heavy atom. The van der Waals surface area contributed by atoms with Crippen LogP contribution in [-0.2, 0) is 6.54 Å². The number of furan rings is 1. The van der Waals surface area contributed by atoms with Crippen LogP contribution in [0.3, 0.4) is 0 Å². The van der Waals surface area contributed by atoms with E-state index in [-0.39, 0.29) is 5.91 Å². The van der Waals surface area contributed by atoms with Gasteiger partial charge in [0.1, 0.15) is 11.5 Å². The van der Waals surface area contributed by atoms with E-state index < -0.39 is 0 Å². The highest BCUT2D eigenvalue weighted by atomic mass is 16.5. The van der Waals surface area contributed by atoms with Crippen molar-refractivity contribution >= 4 is 11.6 Å². The van der Waals surface area contributed by atoms with Crippen LogP contribution in [0.4, 0.5) is 5.69 Å². The molecule has 0 saturated carbocycles. The highest BCUT2D eigenvalue weighted by Gasteiger charge is 2.16. The van der Waals surface area contributed by atoms with Crippen molar-refractivity contribution in [1.29, 1.82) is 0 Å². The molecule has 0 radical (unpaired) electrons. The summed E-state index contributed by atoms with van der Waals surface area (Å²) < 4.78 is 10.3. The van der Waals surface area contributed by atoms with Gasteiger partial charge in [-0.25, -0.2) is 0 Å². The number of carbonyl (C=O) groups excluding carboxylic acids is 1. The van der Waals surface area contributed by atoms with E-state index in [1.807, 2.05) is 6.07 Å². The molecule has 2 N–H and O–H groups in total. The van der Waals surface area contributed by atoms with Gasteiger partial charge in [-0.1, -0.05) is 0 Å². The Morgan fingerprint density at radius 3 is 2.79 bits per heavy atom. The first-order valence-corrected chi connectivity index (χ1v) is 5.83. The van der Waals surface area contributed by atoms with Gasteiger partial charge in [-0.2, -0.15) is 0 Å². The van der Waals surface area contributed by atoms with E-state index in [9.17, 15) is 4.79 Å². The molecule has 1 amide bonds. The van der Waals surface area contributed by atoms with Gasteiger partial charge in [-0.3, -0.25) is 4.79 Å². The van der Waals surface area contributed by atoms with Crippen molar-refractivity contribution in [3.63, 3.8) is 0 Å². The summed E-state index contributed by atoms with van der Waals surface area (Å²) in [6.45, 7) is 0.400. The summed E-state index contributed by atoms with van der Waals surface area (Å²) in [5, 5.41) is 0. The molecule has 100 valence electrons. The van der Waals surface area contributed by atoms with Crippen LogP contribution in [0.15, 0.2) is 41.0 Å². The van der Waals surface area contributed by atoms with Crippen LogP contribution in [0.5, 0.6) is 5.75 Å². The molecule has 0 aliphatic carbocycles. The van der Waals surface area contributed by atoms with Gasteiger partial charge < -0.3 is 19.8 Å². The number of nitrogens with two attached hydrogens (primary N) is 1. The standard InChI is InChI=1S/C14H16N2O3/c1-16(9-11-4-3-7-19-11)14(17)12-6-5-10(18-2)8-13(12)15/h3-8H,9,15H2,1-2H3. The second-order valence-corrected chi connectivity index (χ2v) is 4.19. The Hall–Kier alpha value is -2.43. The number of carbonyl (C=O) groups is 1. The van der Waals surface area contributed by atoms with Gasteiger partial charge >= 0.3 is 0 Å². The SMILES string of the molecule is COc1ccc(C(=O)N(C)Cc2ccco2)c(N)c1. The summed E-state index contributed by atoms with van der Waals surface area (Å²) in [5.74, 6) is 1.20. The lowest BCUT2D eigenvalue weighted by Gasteiger charge is -2.17. The number of hydrogen-bond acceptors (Lipinski definition) is 4. The molecule has 0 saturated heterocycles. The number of benzene rings is 1. The minimum absolute atomic E-state index is 0.156. The monoisotopic (exact) mass is 260 g/mol. The number of hydrogen-bond donors (Lipinski definition) is 1. The molecule has 0 fully saturated rings. The molecule has 0 bridgehead atoms. The van der Waals surface area contributed by atoms with Crippen LogP contribution in [0.1, 0.15) is 16.1 Å². The predicted molar refractivity (Wildman–Crippen MR) is 71.9 cm³/mol. The first kappa shape index (κ1) is 13.0. The van der Waals surface area contributed by atoms with E-state index >= 15 is 0 Å². The molecule has 1 aromatic carbocycles. The summed E-state index contributed by atoms with van der Waals surface area (Å²) in [7, 11) is 3.26. The van der Waals surface area contributed by atoms with Crippen molar-refractivity contribution in [2.75, 3.05) is 19.9 Å². The third-order valence-electron chi connectivity index (χ3n) is 2.81. The molecule has 1 aromatic heterocycles. The molecule has 1 heterocycles. The van der Waals surface area contributed by atoms with Gasteiger partial charge in [0.25, 0.3) is 5.91 Å². The van der Waals surface area contributed by atoms with Crippen molar-refractivity contribution in [3.05, 3.63) is 47.9 Å². The van der Waals surface area contributed by atoms with Crippen LogP contribution in [0, 0.1) is 0 Å². The number of nitrogen functional groups attached to an aromatic ring is 1. The second-order valence-electron chi connectivity index (χ2n) is 4.19. The quantitative estimate of drug-likeness (QED) is 0.855. The number of amides is 1. The minimum Gasteiger partial charge on any atom is -0.497 e. The predicted octanol–water partition coefficient (Wildman–Crippen LogP) is 2.14. The van der Waals surface area contributed by atoms with Crippen LogP contribution < -0.4 is 10.5 Å².